The van der Waals surface area contributed by atoms with Crippen LogP contribution in [0.2, 0.25) is 0 Å². The molecule has 3 N–H and O–H groups in total. The number of aromatic nitrogens is 2. The number of carbonyl (C=O) groups excluding carboxylic acids is 1. The fourth-order valence-corrected chi connectivity index (χ4v) is 3.56. The Morgan fingerprint density at radius 2 is 1.87 bits per heavy atom. The first-order chi connectivity index (χ1) is 14.7. The fraction of sp³-hybridized carbons (Fsp3) is 0.190. The van der Waals surface area contributed by atoms with E-state index in [2.05, 4.69) is 10.4 Å². The number of nitrogens with zero attached hydrogens (tertiary/aromatic N) is 4. The van der Waals surface area contributed by atoms with Gasteiger partial charge < -0.3 is 5.32 Å². The van der Waals surface area contributed by atoms with E-state index in [1.54, 1.807) is 24.1 Å². The Kier molecular flexibility index (Phi) is 6.50. The number of nitrogens with one attached hydrogen (secondary N) is 1. The lowest BCUT2D eigenvalue weighted by Gasteiger charge is -2.24. The maximum atomic E-state index is 12.7. The first kappa shape index (κ1) is 22.2. The summed E-state index contributed by atoms with van der Waals surface area (Å²) in [5.41, 5.74) is 1.80. The molecule has 1 atom stereocenters. The molecule has 160 valence electrons. The van der Waals surface area contributed by atoms with Crippen LogP contribution < -0.4 is 10.5 Å². The van der Waals surface area contributed by atoms with Gasteiger partial charge in [0.25, 0.3) is 0 Å². The van der Waals surface area contributed by atoms with E-state index in [1.807, 2.05) is 43.3 Å². The van der Waals surface area contributed by atoms with Crippen LogP contribution in [0.5, 0.6) is 0 Å². The molecule has 1 amide bonds. The van der Waals surface area contributed by atoms with Gasteiger partial charge in [0.2, 0.25) is 15.9 Å². The number of hydrogen-bond donors (Lipinski definition) is 2. The van der Waals surface area contributed by atoms with Gasteiger partial charge in [0, 0.05) is 6.04 Å². The molecular formula is C21H22N6O3S. The van der Waals surface area contributed by atoms with E-state index in [1.165, 1.54) is 23.0 Å². The van der Waals surface area contributed by atoms with Gasteiger partial charge >= 0.3 is 0 Å². The minimum Gasteiger partial charge on any atom is -0.308 e. The fourth-order valence-electron chi connectivity index (χ4n) is 3.04. The average Bonchev–Trinajstić information content (AvgIpc) is 3.15. The van der Waals surface area contributed by atoms with Crippen molar-refractivity contribution in [3.63, 3.8) is 0 Å². The number of hydrogen-bond acceptors (Lipinski definition) is 6. The topological polar surface area (TPSA) is 134 Å². The zero-order chi connectivity index (χ0) is 22.6. The molecule has 0 spiro atoms. The molecule has 9 nitrogen and oxygen atoms in total. The Bertz CT molecular complexity index is 1210. The van der Waals surface area contributed by atoms with Gasteiger partial charge in [-0.3, -0.25) is 9.69 Å². The Hall–Kier alpha value is -3.52. The van der Waals surface area contributed by atoms with Gasteiger partial charge in [-0.15, -0.1) is 0 Å². The number of benzene rings is 2. The van der Waals surface area contributed by atoms with E-state index in [0.29, 0.717) is 5.82 Å². The van der Waals surface area contributed by atoms with E-state index in [9.17, 15) is 18.5 Å². The lowest BCUT2D eigenvalue weighted by molar-refractivity contribution is -0.117. The van der Waals surface area contributed by atoms with Crippen LogP contribution in [-0.4, -0.2) is 42.6 Å². The quantitative estimate of drug-likeness (QED) is 0.580. The summed E-state index contributed by atoms with van der Waals surface area (Å²) < 4.78 is 24.3. The highest BCUT2D eigenvalue weighted by Gasteiger charge is 2.19. The number of primary sulfonamides is 1. The number of anilines is 1. The molecule has 0 radical (unpaired) electrons. The third kappa shape index (κ3) is 5.16. The standard InChI is InChI=1S/C21H22N6O3S/c1-15(16-8-10-19(11-9-16)31(23,29)30)26(2)14-20(28)25-21-17(12-22)13-24-27(21)18-6-4-3-5-7-18/h3-11,13,15H,14H2,1-2H3,(H,25,28)(H2,23,29,30). The summed E-state index contributed by atoms with van der Waals surface area (Å²) in [6.07, 6.45) is 1.40. The summed E-state index contributed by atoms with van der Waals surface area (Å²) in [7, 11) is -1.98. The third-order valence-electron chi connectivity index (χ3n) is 4.89. The summed E-state index contributed by atoms with van der Waals surface area (Å²) in [5, 5.41) is 21.5. The summed E-state index contributed by atoms with van der Waals surface area (Å²) in [5.74, 6) is -0.0121. The molecule has 0 saturated heterocycles. The molecule has 0 fully saturated rings. The van der Waals surface area contributed by atoms with Crippen molar-refractivity contribution in [3.05, 3.63) is 71.9 Å². The van der Waals surface area contributed by atoms with Crippen molar-refractivity contribution < 1.29 is 13.2 Å². The van der Waals surface area contributed by atoms with Crippen LogP contribution >= 0.6 is 0 Å². The Morgan fingerprint density at radius 3 is 2.45 bits per heavy atom. The zero-order valence-electron chi connectivity index (χ0n) is 17.1. The maximum Gasteiger partial charge on any atom is 0.239 e. The summed E-state index contributed by atoms with van der Waals surface area (Å²) in [6.45, 7) is 1.94. The van der Waals surface area contributed by atoms with Crippen molar-refractivity contribution in [2.24, 2.45) is 5.14 Å². The minimum atomic E-state index is -3.76. The molecule has 1 heterocycles. The molecule has 0 saturated carbocycles. The molecule has 10 heteroatoms. The summed E-state index contributed by atoms with van der Waals surface area (Å²) in [4.78, 5) is 14.5. The largest absolute Gasteiger partial charge is 0.308 e. The minimum absolute atomic E-state index is 0.0297. The molecule has 3 aromatic rings. The van der Waals surface area contributed by atoms with Crippen molar-refractivity contribution in [3.8, 4) is 11.8 Å². The number of sulfonamides is 1. The highest BCUT2D eigenvalue weighted by Crippen LogP contribution is 2.22. The van der Waals surface area contributed by atoms with Gasteiger partial charge in [0.1, 0.15) is 11.6 Å². The molecule has 0 bridgehead atoms. The number of amides is 1. The highest BCUT2D eigenvalue weighted by molar-refractivity contribution is 7.89. The van der Waals surface area contributed by atoms with E-state index in [4.69, 9.17) is 5.14 Å². The van der Waals surface area contributed by atoms with E-state index >= 15 is 0 Å². The first-order valence-corrected chi connectivity index (χ1v) is 10.9. The second-order valence-electron chi connectivity index (χ2n) is 7.02. The monoisotopic (exact) mass is 438 g/mol. The zero-order valence-corrected chi connectivity index (χ0v) is 17.9. The number of carbonyl (C=O) groups is 1. The Balaban J connectivity index is 1.72. The first-order valence-electron chi connectivity index (χ1n) is 9.37. The van der Waals surface area contributed by atoms with Gasteiger partial charge in [0.15, 0.2) is 5.82 Å². The third-order valence-corrected chi connectivity index (χ3v) is 5.82. The van der Waals surface area contributed by atoms with Crippen molar-refractivity contribution in [1.82, 2.24) is 14.7 Å². The van der Waals surface area contributed by atoms with Crippen LogP contribution in [0.4, 0.5) is 5.82 Å². The summed E-state index contributed by atoms with van der Waals surface area (Å²) >= 11 is 0. The van der Waals surface area contributed by atoms with Crippen molar-refractivity contribution in [2.75, 3.05) is 18.9 Å². The molecule has 0 aliphatic carbocycles. The molecule has 31 heavy (non-hydrogen) atoms. The SMILES string of the molecule is CC(c1ccc(S(N)(=O)=O)cc1)N(C)CC(=O)Nc1c(C#N)cnn1-c1ccccc1. The predicted octanol–water partition coefficient (Wildman–Crippen LogP) is 2.02. The number of rotatable bonds is 7. The van der Waals surface area contributed by atoms with Gasteiger partial charge in [-0.2, -0.15) is 10.4 Å². The van der Waals surface area contributed by atoms with Crippen LogP contribution in [-0.2, 0) is 14.8 Å². The molecule has 3 rings (SSSR count). The van der Waals surface area contributed by atoms with Gasteiger partial charge in [-0.05, 0) is 43.8 Å². The molecule has 2 aromatic carbocycles. The van der Waals surface area contributed by atoms with Crippen molar-refractivity contribution in [1.29, 1.82) is 5.26 Å². The van der Waals surface area contributed by atoms with E-state index in [-0.39, 0.29) is 29.0 Å². The average molecular weight is 439 g/mol. The maximum absolute atomic E-state index is 12.7. The Labute approximate surface area is 180 Å². The van der Waals surface area contributed by atoms with E-state index in [0.717, 1.165) is 11.3 Å². The number of nitriles is 1. The number of para-hydroxylation sites is 1. The Morgan fingerprint density at radius 1 is 1.23 bits per heavy atom. The van der Waals surface area contributed by atoms with Crippen LogP contribution in [0.15, 0.2) is 65.7 Å². The predicted molar refractivity (Wildman–Crippen MR) is 116 cm³/mol. The molecule has 0 aliphatic rings. The molecular weight excluding hydrogens is 416 g/mol. The lowest BCUT2D eigenvalue weighted by Crippen LogP contribution is -2.32. The molecule has 1 unspecified atom stereocenters. The number of likely N-dealkylation sites (N-methyl/N-ethyl adjacent to an activating group) is 1. The molecule has 0 aliphatic heterocycles. The van der Waals surface area contributed by atoms with E-state index < -0.39 is 10.0 Å². The van der Waals surface area contributed by atoms with Crippen LogP contribution in [0, 0.1) is 11.3 Å². The van der Waals surface area contributed by atoms with Gasteiger partial charge in [-0.1, -0.05) is 30.3 Å². The van der Waals surface area contributed by atoms with Crippen LogP contribution in [0.25, 0.3) is 5.69 Å². The lowest BCUT2D eigenvalue weighted by atomic mass is 10.1. The van der Waals surface area contributed by atoms with Crippen molar-refractivity contribution >= 4 is 21.7 Å². The van der Waals surface area contributed by atoms with Gasteiger partial charge in [-0.25, -0.2) is 18.2 Å². The smallest absolute Gasteiger partial charge is 0.239 e. The van der Waals surface area contributed by atoms with Crippen molar-refractivity contribution in [2.45, 2.75) is 17.9 Å². The summed E-state index contributed by atoms with van der Waals surface area (Å²) in [6, 6.07) is 17.3. The van der Waals surface area contributed by atoms with Crippen LogP contribution in [0.1, 0.15) is 24.1 Å². The second-order valence-corrected chi connectivity index (χ2v) is 8.58. The normalized spacial score (nSPS) is 12.4. The van der Waals surface area contributed by atoms with Gasteiger partial charge in [0.05, 0.1) is 23.3 Å². The second kappa shape index (κ2) is 9.09. The van der Waals surface area contributed by atoms with Crippen LogP contribution in [0.3, 0.4) is 0 Å². The molecule has 1 aromatic heterocycles. The highest BCUT2D eigenvalue weighted by atomic mass is 32.2. The number of nitrogens with two attached hydrogens (primary N) is 1.